The first-order valence-electron chi connectivity index (χ1n) is 9.04. The Morgan fingerprint density at radius 3 is 2.67 bits per heavy atom. The Hall–Kier alpha value is -1.88. The van der Waals surface area contributed by atoms with Crippen molar-refractivity contribution in [2.45, 2.75) is 62.4 Å². The Bertz CT molecular complexity index is 696. The fraction of sp³-hybridized carbons (Fsp3) is 0.579. The maximum atomic E-state index is 13.6. The monoisotopic (exact) mass is 327 g/mol. The van der Waals surface area contributed by atoms with Crippen LogP contribution in [0.1, 0.15) is 51.0 Å². The molecule has 4 rings (SSSR count). The van der Waals surface area contributed by atoms with Gasteiger partial charge in [0.05, 0.1) is 11.5 Å². The van der Waals surface area contributed by atoms with Crippen LogP contribution in [0.3, 0.4) is 0 Å². The molecule has 2 amide bonds. The smallest absolute Gasteiger partial charge is 0.239 e. The Labute approximate surface area is 142 Å². The molecule has 3 aliphatic rings. The second kappa shape index (κ2) is 5.31. The lowest BCUT2D eigenvalue weighted by atomic mass is 9.60. The van der Waals surface area contributed by atoms with Gasteiger partial charge in [0.25, 0.3) is 0 Å². The number of carbonyl (C=O) groups is 2. The quantitative estimate of drug-likeness (QED) is 0.870. The highest BCUT2D eigenvalue weighted by Crippen LogP contribution is 2.57. The summed E-state index contributed by atoms with van der Waals surface area (Å²) in [5, 5.41) is 3.53. The van der Waals surface area contributed by atoms with Gasteiger partial charge in [-0.1, -0.05) is 37.5 Å². The summed E-state index contributed by atoms with van der Waals surface area (Å²) in [5.74, 6) is -0.207. The van der Waals surface area contributed by atoms with Gasteiger partial charge in [-0.05, 0) is 37.8 Å². The molecule has 1 saturated heterocycles. The molecule has 5 nitrogen and oxygen atoms in total. The highest BCUT2D eigenvalue weighted by Gasteiger charge is 2.67. The zero-order chi connectivity index (χ0) is 16.9. The van der Waals surface area contributed by atoms with Crippen LogP contribution in [-0.2, 0) is 15.0 Å². The van der Waals surface area contributed by atoms with Crippen LogP contribution in [0.2, 0.25) is 0 Å². The van der Waals surface area contributed by atoms with E-state index in [9.17, 15) is 9.59 Å². The van der Waals surface area contributed by atoms with E-state index in [2.05, 4.69) is 11.4 Å². The SMILES string of the molecule is CCN1C(=O)C2(CC(C(N)=O)NC23CCCCC3)c2ccccc21. The van der Waals surface area contributed by atoms with Gasteiger partial charge in [-0.2, -0.15) is 0 Å². The van der Waals surface area contributed by atoms with Gasteiger partial charge in [0.15, 0.2) is 0 Å². The van der Waals surface area contributed by atoms with E-state index >= 15 is 0 Å². The van der Waals surface area contributed by atoms with Crippen LogP contribution in [0.4, 0.5) is 5.69 Å². The average molecular weight is 327 g/mol. The molecule has 1 saturated carbocycles. The van der Waals surface area contributed by atoms with Crippen LogP contribution in [0.15, 0.2) is 24.3 Å². The summed E-state index contributed by atoms with van der Waals surface area (Å²) in [7, 11) is 0. The van der Waals surface area contributed by atoms with Crippen LogP contribution >= 0.6 is 0 Å². The summed E-state index contributed by atoms with van der Waals surface area (Å²) in [6, 6.07) is 7.65. The number of likely N-dealkylation sites (N-methyl/N-ethyl adjacent to an activating group) is 1. The zero-order valence-electron chi connectivity index (χ0n) is 14.2. The average Bonchev–Trinajstić information content (AvgIpc) is 3.04. The van der Waals surface area contributed by atoms with Gasteiger partial charge in [0, 0.05) is 17.8 Å². The third-order valence-electron chi connectivity index (χ3n) is 6.41. The first kappa shape index (κ1) is 15.6. The summed E-state index contributed by atoms with van der Waals surface area (Å²) in [6.07, 6.45) is 5.69. The van der Waals surface area contributed by atoms with E-state index in [1.807, 2.05) is 30.0 Å². The highest BCUT2D eigenvalue weighted by molar-refractivity contribution is 6.10. The summed E-state index contributed by atoms with van der Waals surface area (Å²) < 4.78 is 0. The van der Waals surface area contributed by atoms with E-state index in [1.165, 1.54) is 6.42 Å². The van der Waals surface area contributed by atoms with Crippen molar-refractivity contribution in [3.05, 3.63) is 29.8 Å². The van der Waals surface area contributed by atoms with E-state index in [-0.39, 0.29) is 17.4 Å². The predicted molar refractivity (Wildman–Crippen MR) is 92.7 cm³/mol. The normalized spacial score (nSPS) is 31.0. The minimum absolute atomic E-state index is 0.143. The van der Waals surface area contributed by atoms with Crippen molar-refractivity contribution < 1.29 is 9.59 Å². The molecule has 2 atom stereocenters. The minimum atomic E-state index is -0.653. The topological polar surface area (TPSA) is 75.4 Å². The van der Waals surface area contributed by atoms with Gasteiger partial charge < -0.3 is 10.6 Å². The zero-order valence-corrected chi connectivity index (χ0v) is 14.2. The van der Waals surface area contributed by atoms with Crippen LogP contribution in [0.5, 0.6) is 0 Å². The number of anilines is 1. The maximum absolute atomic E-state index is 13.6. The Balaban J connectivity index is 1.93. The van der Waals surface area contributed by atoms with Crippen LogP contribution in [0, 0.1) is 0 Å². The summed E-state index contributed by atoms with van der Waals surface area (Å²) in [6.45, 7) is 2.66. The van der Waals surface area contributed by atoms with Gasteiger partial charge in [0.2, 0.25) is 11.8 Å². The second-order valence-electron chi connectivity index (χ2n) is 7.42. The number of para-hydroxylation sites is 1. The Morgan fingerprint density at radius 1 is 1.29 bits per heavy atom. The number of primary amides is 1. The number of rotatable bonds is 2. The summed E-state index contributed by atoms with van der Waals surface area (Å²) in [4.78, 5) is 27.5. The molecule has 1 aromatic carbocycles. The van der Waals surface area contributed by atoms with Gasteiger partial charge in [-0.25, -0.2) is 0 Å². The number of carbonyl (C=O) groups excluding carboxylic acids is 2. The molecule has 0 bridgehead atoms. The van der Waals surface area contributed by atoms with Gasteiger partial charge in [0.1, 0.15) is 0 Å². The van der Waals surface area contributed by atoms with Crippen molar-refractivity contribution in [1.82, 2.24) is 5.32 Å². The third kappa shape index (κ3) is 1.79. The molecule has 3 N–H and O–H groups in total. The minimum Gasteiger partial charge on any atom is -0.368 e. The standard InChI is InChI=1S/C19H25N3O2/c1-2-22-15-9-5-4-8-13(15)19(17(22)24)12-14(16(20)23)21-18(19)10-6-3-7-11-18/h4-5,8-9,14,21H,2-3,6-7,10-12H2,1H3,(H2,20,23). The maximum Gasteiger partial charge on any atom is 0.239 e. The molecule has 2 fully saturated rings. The largest absolute Gasteiger partial charge is 0.368 e. The Morgan fingerprint density at radius 2 is 2.00 bits per heavy atom. The highest BCUT2D eigenvalue weighted by atomic mass is 16.2. The van der Waals surface area contributed by atoms with Crippen LogP contribution < -0.4 is 16.0 Å². The Kier molecular flexibility index (Phi) is 3.46. The van der Waals surface area contributed by atoms with E-state index in [1.54, 1.807) is 0 Å². The van der Waals surface area contributed by atoms with E-state index in [0.29, 0.717) is 13.0 Å². The first-order valence-corrected chi connectivity index (χ1v) is 9.04. The van der Waals surface area contributed by atoms with Gasteiger partial charge in [-0.3, -0.25) is 14.9 Å². The lowest BCUT2D eigenvalue weighted by molar-refractivity contribution is -0.125. The van der Waals surface area contributed by atoms with Gasteiger partial charge >= 0.3 is 0 Å². The number of hydrogen-bond donors (Lipinski definition) is 2. The molecule has 2 spiro atoms. The number of hydrogen-bond acceptors (Lipinski definition) is 3. The van der Waals surface area contributed by atoms with Crippen molar-refractivity contribution >= 4 is 17.5 Å². The molecule has 5 heteroatoms. The molecule has 2 heterocycles. The lowest BCUT2D eigenvalue weighted by Crippen LogP contribution is -2.60. The fourth-order valence-electron chi connectivity index (χ4n) is 5.41. The third-order valence-corrected chi connectivity index (χ3v) is 6.41. The van der Waals surface area contributed by atoms with Crippen LogP contribution in [-0.4, -0.2) is 29.9 Å². The second-order valence-corrected chi connectivity index (χ2v) is 7.42. The molecule has 24 heavy (non-hydrogen) atoms. The van der Waals surface area contributed by atoms with Crippen LogP contribution in [0.25, 0.3) is 0 Å². The first-order chi connectivity index (χ1) is 11.6. The molecular formula is C19H25N3O2. The summed E-state index contributed by atoms with van der Waals surface area (Å²) in [5.41, 5.74) is 6.73. The van der Waals surface area contributed by atoms with Crippen molar-refractivity contribution in [1.29, 1.82) is 0 Å². The molecule has 0 radical (unpaired) electrons. The molecule has 2 unspecified atom stereocenters. The number of nitrogens with zero attached hydrogens (tertiary/aromatic N) is 1. The number of nitrogens with two attached hydrogens (primary N) is 1. The van der Waals surface area contributed by atoms with E-state index < -0.39 is 11.5 Å². The summed E-state index contributed by atoms with van der Waals surface area (Å²) >= 11 is 0. The molecule has 1 aromatic rings. The van der Waals surface area contributed by atoms with Crippen molar-refractivity contribution in [2.24, 2.45) is 5.73 Å². The number of amides is 2. The lowest BCUT2D eigenvalue weighted by Gasteiger charge is -2.45. The molecule has 128 valence electrons. The number of benzene rings is 1. The molecular weight excluding hydrogens is 302 g/mol. The van der Waals surface area contributed by atoms with Gasteiger partial charge in [-0.15, -0.1) is 0 Å². The molecule has 0 aromatic heterocycles. The van der Waals surface area contributed by atoms with Crippen molar-refractivity contribution in [3.63, 3.8) is 0 Å². The number of nitrogens with one attached hydrogen (secondary N) is 1. The molecule has 2 aliphatic heterocycles. The van der Waals surface area contributed by atoms with E-state index in [0.717, 1.165) is 36.9 Å². The predicted octanol–water partition coefficient (Wildman–Crippen LogP) is 1.84. The van der Waals surface area contributed by atoms with Crippen molar-refractivity contribution in [2.75, 3.05) is 11.4 Å². The van der Waals surface area contributed by atoms with E-state index in [4.69, 9.17) is 5.73 Å². The molecule has 1 aliphatic carbocycles. The number of fused-ring (bicyclic) bond motifs is 3. The fourth-order valence-corrected chi connectivity index (χ4v) is 5.41. The van der Waals surface area contributed by atoms with Crippen molar-refractivity contribution in [3.8, 4) is 0 Å².